The first-order chi connectivity index (χ1) is 13.1. The van der Waals surface area contributed by atoms with Gasteiger partial charge in [0.05, 0.1) is 11.2 Å². The second-order valence-corrected chi connectivity index (χ2v) is 6.00. The Hall–Kier alpha value is -3.68. The average Bonchev–Trinajstić information content (AvgIpc) is 2.70. The second-order valence-electron chi connectivity index (χ2n) is 6.00. The van der Waals surface area contributed by atoms with Gasteiger partial charge in [-0.25, -0.2) is 0 Å². The highest BCUT2D eigenvalue weighted by atomic mass is 16.5. The zero-order valence-electron chi connectivity index (χ0n) is 14.3. The summed E-state index contributed by atoms with van der Waals surface area (Å²) in [6.45, 7) is 0.389. The predicted octanol–water partition coefficient (Wildman–Crippen LogP) is 1.08. The smallest absolute Gasteiger partial charge is 0.275 e. The number of para-hydroxylation sites is 3. The number of hydrogen-bond donors (Lipinski definition) is 2. The minimum Gasteiger partial charge on any atom is -0.482 e. The molecule has 1 aliphatic rings. The van der Waals surface area contributed by atoms with Gasteiger partial charge < -0.3 is 15.0 Å². The largest absolute Gasteiger partial charge is 0.482 e. The van der Waals surface area contributed by atoms with Crippen LogP contribution in [0.25, 0.3) is 10.9 Å². The van der Waals surface area contributed by atoms with Crippen molar-refractivity contribution < 1.29 is 14.3 Å². The van der Waals surface area contributed by atoms with E-state index in [4.69, 9.17) is 4.74 Å². The molecule has 0 saturated heterocycles. The Morgan fingerprint density at radius 1 is 1.15 bits per heavy atom. The van der Waals surface area contributed by atoms with E-state index in [1.54, 1.807) is 41.3 Å². The van der Waals surface area contributed by atoms with E-state index in [2.05, 4.69) is 15.5 Å². The first kappa shape index (κ1) is 16.8. The van der Waals surface area contributed by atoms with Crippen LogP contribution in [-0.4, -0.2) is 41.7 Å². The molecule has 136 valence electrons. The number of aromatic nitrogens is 2. The molecule has 1 aromatic heterocycles. The zero-order chi connectivity index (χ0) is 18.8. The van der Waals surface area contributed by atoms with Crippen LogP contribution in [0.15, 0.2) is 53.3 Å². The number of benzene rings is 2. The number of amides is 2. The van der Waals surface area contributed by atoms with Gasteiger partial charge in [-0.15, -0.1) is 0 Å². The quantitative estimate of drug-likeness (QED) is 0.721. The van der Waals surface area contributed by atoms with Crippen LogP contribution in [0.1, 0.15) is 10.5 Å². The van der Waals surface area contributed by atoms with Gasteiger partial charge in [0.1, 0.15) is 5.75 Å². The van der Waals surface area contributed by atoms with Crippen LogP contribution in [0, 0.1) is 0 Å². The van der Waals surface area contributed by atoms with Gasteiger partial charge in [0.15, 0.2) is 12.3 Å². The fourth-order valence-corrected chi connectivity index (χ4v) is 2.99. The van der Waals surface area contributed by atoms with Crippen molar-refractivity contribution >= 4 is 28.4 Å². The van der Waals surface area contributed by atoms with Crippen LogP contribution in [-0.2, 0) is 4.79 Å². The third-order valence-electron chi connectivity index (χ3n) is 4.32. The van der Waals surface area contributed by atoms with E-state index < -0.39 is 11.3 Å². The van der Waals surface area contributed by atoms with Crippen molar-refractivity contribution in [3.63, 3.8) is 0 Å². The highest BCUT2D eigenvalue weighted by Crippen LogP contribution is 2.30. The number of fused-ring (bicyclic) bond motifs is 2. The number of nitrogens with one attached hydrogen (secondary N) is 2. The zero-order valence-corrected chi connectivity index (χ0v) is 14.3. The maximum absolute atomic E-state index is 12.4. The monoisotopic (exact) mass is 364 g/mol. The lowest BCUT2D eigenvalue weighted by molar-refractivity contribution is -0.121. The molecule has 0 bridgehead atoms. The van der Waals surface area contributed by atoms with Crippen LogP contribution < -0.4 is 20.4 Å². The highest BCUT2D eigenvalue weighted by Gasteiger charge is 2.25. The van der Waals surface area contributed by atoms with Gasteiger partial charge in [0, 0.05) is 18.5 Å². The Morgan fingerprint density at radius 3 is 2.81 bits per heavy atom. The molecule has 0 fully saturated rings. The number of hydrogen-bond acceptors (Lipinski definition) is 5. The molecule has 0 spiro atoms. The number of nitrogens with zero attached hydrogens (tertiary/aromatic N) is 2. The summed E-state index contributed by atoms with van der Waals surface area (Å²) in [5, 5.41) is 9.63. The van der Waals surface area contributed by atoms with Crippen LogP contribution in [0.2, 0.25) is 0 Å². The van der Waals surface area contributed by atoms with Gasteiger partial charge in [-0.3, -0.25) is 19.5 Å². The topological polar surface area (TPSA) is 104 Å². The first-order valence-corrected chi connectivity index (χ1v) is 8.43. The van der Waals surface area contributed by atoms with E-state index >= 15 is 0 Å². The molecule has 1 aliphatic heterocycles. The third-order valence-corrected chi connectivity index (χ3v) is 4.32. The van der Waals surface area contributed by atoms with Crippen molar-refractivity contribution in [1.82, 2.24) is 15.5 Å². The van der Waals surface area contributed by atoms with Crippen LogP contribution >= 0.6 is 0 Å². The number of ether oxygens (including phenoxy) is 1. The SMILES string of the molecule is O=C(NCCN1C(=O)COc2ccccc21)c1n[nH]c2ccccc2c1=O. The van der Waals surface area contributed by atoms with Crippen molar-refractivity contribution in [3.05, 3.63) is 64.4 Å². The van der Waals surface area contributed by atoms with Crippen molar-refractivity contribution in [3.8, 4) is 5.75 Å². The summed E-state index contributed by atoms with van der Waals surface area (Å²) in [5.74, 6) is -0.156. The molecule has 0 aliphatic carbocycles. The molecule has 8 heteroatoms. The summed E-state index contributed by atoms with van der Waals surface area (Å²) in [7, 11) is 0. The Bertz CT molecular complexity index is 1090. The lowest BCUT2D eigenvalue weighted by Crippen LogP contribution is -2.44. The number of aromatic amines is 1. The molecule has 2 amide bonds. The maximum atomic E-state index is 12.4. The maximum Gasteiger partial charge on any atom is 0.275 e. The van der Waals surface area contributed by atoms with Crippen molar-refractivity contribution in [2.75, 3.05) is 24.6 Å². The molecule has 2 N–H and O–H groups in total. The van der Waals surface area contributed by atoms with Crippen molar-refractivity contribution in [2.24, 2.45) is 0 Å². The van der Waals surface area contributed by atoms with Crippen molar-refractivity contribution in [2.45, 2.75) is 0 Å². The van der Waals surface area contributed by atoms with Gasteiger partial charge in [0.2, 0.25) is 5.43 Å². The molecule has 0 unspecified atom stereocenters. The number of carbonyl (C=O) groups is 2. The minimum absolute atomic E-state index is 0.0448. The molecule has 27 heavy (non-hydrogen) atoms. The number of H-pyrrole nitrogens is 1. The minimum atomic E-state index is -0.587. The Morgan fingerprint density at radius 2 is 1.93 bits per heavy atom. The molecule has 0 saturated carbocycles. The molecular weight excluding hydrogens is 348 g/mol. The molecule has 0 atom stereocenters. The molecule has 2 aromatic carbocycles. The summed E-state index contributed by atoms with van der Waals surface area (Å²) in [6.07, 6.45) is 0. The normalized spacial score (nSPS) is 13.2. The summed E-state index contributed by atoms with van der Waals surface area (Å²) < 4.78 is 5.39. The first-order valence-electron chi connectivity index (χ1n) is 8.43. The van der Waals surface area contributed by atoms with Gasteiger partial charge in [-0.1, -0.05) is 24.3 Å². The standard InChI is InChI=1S/C19H16N4O4/c24-16-11-27-15-8-4-3-7-14(15)23(16)10-9-20-19(26)17-18(25)12-5-1-2-6-13(12)21-22-17/h1-8H,9-11H2,(H,20,26)(H,21,25). The van der Waals surface area contributed by atoms with E-state index in [9.17, 15) is 14.4 Å². The van der Waals surface area contributed by atoms with E-state index in [0.717, 1.165) is 0 Å². The fourth-order valence-electron chi connectivity index (χ4n) is 2.99. The highest BCUT2D eigenvalue weighted by molar-refractivity contribution is 5.98. The lowest BCUT2D eigenvalue weighted by atomic mass is 10.2. The molecule has 3 aromatic rings. The Kier molecular flexibility index (Phi) is 4.29. The lowest BCUT2D eigenvalue weighted by Gasteiger charge is -2.29. The molecule has 4 rings (SSSR count). The third kappa shape index (κ3) is 3.12. The van der Waals surface area contributed by atoms with Crippen LogP contribution in [0.5, 0.6) is 5.75 Å². The van der Waals surface area contributed by atoms with E-state index in [1.807, 2.05) is 12.1 Å². The van der Waals surface area contributed by atoms with E-state index in [-0.39, 0.29) is 31.3 Å². The molecule has 0 radical (unpaired) electrons. The number of rotatable bonds is 4. The van der Waals surface area contributed by atoms with Gasteiger partial charge >= 0.3 is 0 Å². The molecular formula is C19H16N4O4. The van der Waals surface area contributed by atoms with E-state index in [0.29, 0.717) is 22.3 Å². The fraction of sp³-hybridized carbons (Fsp3) is 0.158. The van der Waals surface area contributed by atoms with Crippen LogP contribution in [0.4, 0.5) is 5.69 Å². The average molecular weight is 364 g/mol. The van der Waals surface area contributed by atoms with Crippen molar-refractivity contribution in [1.29, 1.82) is 0 Å². The van der Waals surface area contributed by atoms with E-state index in [1.165, 1.54) is 0 Å². The number of anilines is 1. The predicted molar refractivity (Wildman–Crippen MR) is 99.0 cm³/mol. The molecule has 8 nitrogen and oxygen atoms in total. The summed E-state index contributed by atoms with van der Waals surface area (Å²) in [5.41, 5.74) is 0.580. The van der Waals surface area contributed by atoms with Gasteiger partial charge in [-0.2, -0.15) is 5.10 Å². The Labute approximate surface area is 153 Å². The Balaban J connectivity index is 1.47. The molecule has 2 heterocycles. The number of carbonyl (C=O) groups excluding carboxylic acids is 2. The van der Waals surface area contributed by atoms with Crippen LogP contribution in [0.3, 0.4) is 0 Å². The second kappa shape index (κ2) is 6.91. The summed E-state index contributed by atoms with van der Waals surface area (Å²) in [4.78, 5) is 38.5. The summed E-state index contributed by atoms with van der Waals surface area (Å²) in [6, 6.07) is 14.0. The van der Waals surface area contributed by atoms with Gasteiger partial charge in [0.25, 0.3) is 11.8 Å². The summed E-state index contributed by atoms with van der Waals surface area (Å²) >= 11 is 0. The van der Waals surface area contributed by atoms with Gasteiger partial charge in [-0.05, 0) is 24.3 Å².